The minimum atomic E-state index is -3.32. The summed E-state index contributed by atoms with van der Waals surface area (Å²) in [7, 11) is -3.32. The van der Waals surface area contributed by atoms with E-state index in [4.69, 9.17) is 0 Å². The van der Waals surface area contributed by atoms with Gasteiger partial charge in [0, 0.05) is 23.8 Å². The van der Waals surface area contributed by atoms with E-state index in [0.29, 0.717) is 22.7 Å². The second-order valence-electron chi connectivity index (χ2n) is 5.50. The van der Waals surface area contributed by atoms with Gasteiger partial charge < -0.3 is 9.72 Å². The Labute approximate surface area is 139 Å². The van der Waals surface area contributed by atoms with Gasteiger partial charge in [0.1, 0.15) is 11.3 Å². The quantitative estimate of drug-likeness (QED) is 0.759. The number of pyridine rings is 1. The molecule has 0 bridgehead atoms. The van der Waals surface area contributed by atoms with Crippen molar-refractivity contribution in [2.45, 2.75) is 6.92 Å². The molecule has 0 aliphatic carbocycles. The van der Waals surface area contributed by atoms with Crippen LogP contribution in [0, 0.1) is 6.92 Å². The maximum atomic E-state index is 12.3. The molecule has 3 rings (SSSR count). The van der Waals surface area contributed by atoms with Crippen molar-refractivity contribution >= 4 is 33.0 Å². The molecule has 2 heterocycles. The lowest BCUT2D eigenvalue weighted by molar-refractivity contribution is 0.102. The highest BCUT2D eigenvalue weighted by Gasteiger charge is 2.11. The van der Waals surface area contributed by atoms with Crippen molar-refractivity contribution in [2.75, 3.05) is 16.3 Å². The number of fused-ring (bicyclic) bond motifs is 1. The van der Waals surface area contributed by atoms with Gasteiger partial charge in [-0.3, -0.25) is 9.52 Å². The van der Waals surface area contributed by atoms with Gasteiger partial charge in [-0.1, -0.05) is 0 Å². The number of aryl methyl sites for hydroxylation is 1. The Kier molecular flexibility index (Phi) is 3.98. The summed E-state index contributed by atoms with van der Waals surface area (Å²) in [6.45, 7) is 1.96. The van der Waals surface area contributed by atoms with Crippen molar-refractivity contribution in [1.82, 2.24) is 9.38 Å². The van der Waals surface area contributed by atoms with Crippen LogP contribution in [0.15, 0.2) is 48.8 Å². The maximum absolute atomic E-state index is 12.3. The minimum absolute atomic E-state index is 0.305. The van der Waals surface area contributed by atoms with E-state index in [-0.39, 0.29) is 5.91 Å². The molecule has 8 heteroatoms. The fraction of sp³-hybridized carbons (Fsp3) is 0.125. The average molecular weight is 344 g/mol. The number of hydrogen-bond donors (Lipinski definition) is 2. The Morgan fingerprint density at radius 2 is 1.79 bits per heavy atom. The lowest BCUT2D eigenvalue weighted by Gasteiger charge is -2.06. The van der Waals surface area contributed by atoms with E-state index in [0.717, 1.165) is 11.8 Å². The van der Waals surface area contributed by atoms with Crippen molar-refractivity contribution in [2.24, 2.45) is 0 Å². The number of nitrogens with zero attached hydrogens (tertiary/aromatic N) is 2. The van der Waals surface area contributed by atoms with E-state index in [1.54, 1.807) is 34.9 Å². The monoisotopic (exact) mass is 344 g/mol. The lowest BCUT2D eigenvalue weighted by Crippen LogP contribution is -2.12. The Bertz CT molecular complexity index is 1010. The number of carbonyl (C=O) groups is 1. The van der Waals surface area contributed by atoms with Gasteiger partial charge in [0.15, 0.2) is 0 Å². The summed E-state index contributed by atoms with van der Waals surface area (Å²) in [6.07, 6.45) is 4.58. The first-order valence-corrected chi connectivity index (χ1v) is 9.04. The van der Waals surface area contributed by atoms with Crippen molar-refractivity contribution in [3.63, 3.8) is 0 Å². The van der Waals surface area contributed by atoms with E-state index in [9.17, 15) is 13.2 Å². The van der Waals surface area contributed by atoms with E-state index < -0.39 is 10.0 Å². The van der Waals surface area contributed by atoms with Crippen LogP contribution in [-0.4, -0.2) is 30.0 Å². The number of nitrogens with one attached hydrogen (secondary N) is 2. The Balaban J connectivity index is 1.76. The van der Waals surface area contributed by atoms with Crippen LogP contribution in [-0.2, 0) is 10.0 Å². The highest BCUT2D eigenvalue weighted by atomic mass is 32.2. The van der Waals surface area contributed by atoms with Crippen molar-refractivity contribution in [3.05, 3.63) is 60.0 Å². The van der Waals surface area contributed by atoms with Crippen molar-refractivity contribution in [1.29, 1.82) is 0 Å². The van der Waals surface area contributed by atoms with Crippen molar-refractivity contribution < 1.29 is 13.2 Å². The number of aromatic nitrogens is 2. The first-order chi connectivity index (χ1) is 11.3. The molecule has 0 radical (unpaired) electrons. The molecule has 0 atom stereocenters. The molecule has 0 aliphatic heterocycles. The lowest BCUT2D eigenvalue weighted by atomic mass is 10.3. The standard InChI is InChI=1S/C16H16N4O3S/c1-11-7-8-20-10-14(18-15(20)9-11)16(21)17-12-3-5-13(6-4-12)19-24(2,22)23/h3-10,19H,1-2H3,(H,17,21). The fourth-order valence-electron chi connectivity index (χ4n) is 2.22. The number of amides is 1. The third kappa shape index (κ3) is 3.72. The topological polar surface area (TPSA) is 92.6 Å². The fourth-order valence-corrected chi connectivity index (χ4v) is 2.79. The number of carbonyl (C=O) groups excluding carboxylic acids is 1. The second-order valence-corrected chi connectivity index (χ2v) is 7.25. The van der Waals surface area contributed by atoms with Gasteiger partial charge in [0.2, 0.25) is 10.0 Å². The van der Waals surface area contributed by atoms with Crippen LogP contribution in [0.5, 0.6) is 0 Å². The first-order valence-electron chi connectivity index (χ1n) is 7.15. The number of rotatable bonds is 4. The predicted octanol–water partition coefficient (Wildman–Crippen LogP) is 2.27. The number of benzene rings is 1. The zero-order chi connectivity index (χ0) is 17.3. The van der Waals surface area contributed by atoms with Crippen LogP contribution in [0.1, 0.15) is 16.1 Å². The molecule has 0 unspecified atom stereocenters. The smallest absolute Gasteiger partial charge is 0.275 e. The van der Waals surface area contributed by atoms with Gasteiger partial charge in [0.25, 0.3) is 5.91 Å². The summed E-state index contributed by atoms with van der Waals surface area (Å²) in [5.41, 5.74) is 3.05. The van der Waals surface area contributed by atoms with Crippen LogP contribution in [0.2, 0.25) is 0 Å². The maximum Gasteiger partial charge on any atom is 0.275 e. The zero-order valence-electron chi connectivity index (χ0n) is 13.1. The van der Waals surface area contributed by atoms with Gasteiger partial charge in [-0.15, -0.1) is 0 Å². The third-order valence-electron chi connectivity index (χ3n) is 3.29. The molecule has 0 aliphatic rings. The SMILES string of the molecule is Cc1ccn2cc(C(=O)Nc3ccc(NS(C)(=O)=O)cc3)nc2c1. The molecular weight excluding hydrogens is 328 g/mol. The highest BCUT2D eigenvalue weighted by molar-refractivity contribution is 7.92. The van der Waals surface area contributed by atoms with Crippen LogP contribution >= 0.6 is 0 Å². The molecule has 0 spiro atoms. The van der Waals surface area contributed by atoms with Gasteiger partial charge in [-0.25, -0.2) is 13.4 Å². The molecule has 3 aromatic rings. The summed E-state index contributed by atoms with van der Waals surface area (Å²) < 4.78 is 26.5. The van der Waals surface area contributed by atoms with E-state index >= 15 is 0 Å². The van der Waals surface area contributed by atoms with Crippen LogP contribution in [0.4, 0.5) is 11.4 Å². The summed E-state index contributed by atoms with van der Waals surface area (Å²) in [5, 5.41) is 2.73. The van der Waals surface area contributed by atoms with Crippen LogP contribution in [0.25, 0.3) is 5.65 Å². The van der Waals surface area contributed by atoms with Gasteiger partial charge >= 0.3 is 0 Å². The first kappa shape index (κ1) is 16.0. The number of sulfonamides is 1. The summed E-state index contributed by atoms with van der Waals surface area (Å²) in [5.74, 6) is -0.333. The Hall–Kier alpha value is -2.87. The van der Waals surface area contributed by atoms with Crippen LogP contribution < -0.4 is 10.0 Å². The number of hydrogen-bond acceptors (Lipinski definition) is 4. The summed E-state index contributed by atoms with van der Waals surface area (Å²) in [4.78, 5) is 16.6. The molecule has 24 heavy (non-hydrogen) atoms. The molecule has 7 nitrogen and oxygen atoms in total. The van der Waals surface area contributed by atoms with E-state index in [1.165, 1.54) is 0 Å². The summed E-state index contributed by atoms with van der Waals surface area (Å²) in [6, 6.07) is 10.2. The molecule has 0 fully saturated rings. The number of anilines is 2. The molecule has 0 saturated carbocycles. The Morgan fingerprint density at radius 3 is 2.46 bits per heavy atom. The summed E-state index contributed by atoms with van der Waals surface area (Å²) >= 11 is 0. The van der Waals surface area contributed by atoms with E-state index in [1.807, 2.05) is 25.3 Å². The van der Waals surface area contributed by atoms with E-state index in [2.05, 4.69) is 15.0 Å². The number of imidazole rings is 1. The van der Waals surface area contributed by atoms with Gasteiger partial charge in [-0.2, -0.15) is 0 Å². The minimum Gasteiger partial charge on any atom is -0.321 e. The zero-order valence-corrected chi connectivity index (χ0v) is 14.0. The Morgan fingerprint density at radius 1 is 1.12 bits per heavy atom. The van der Waals surface area contributed by atoms with Crippen LogP contribution in [0.3, 0.4) is 0 Å². The normalized spacial score (nSPS) is 11.4. The van der Waals surface area contributed by atoms with Gasteiger partial charge in [-0.05, 0) is 48.9 Å². The van der Waals surface area contributed by atoms with Crippen molar-refractivity contribution in [3.8, 4) is 0 Å². The average Bonchev–Trinajstić information content (AvgIpc) is 2.91. The molecule has 2 N–H and O–H groups in total. The molecule has 2 aromatic heterocycles. The molecular formula is C16H16N4O3S. The molecule has 124 valence electrons. The van der Waals surface area contributed by atoms with Gasteiger partial charge in [0.05, 0.1) is 6.26 Å². The largest absolute Gasteiger partial charge is 0.321 e. The third-order valence-corrected chi connectivity index (χ3v) is 3.90. The molecule has 0 saturated heterocycles. The molecule has 1 amide bonds. The molecule has 1 aromatic carbocycles. The highest BCUT2D eigenvalue weighted by Crippen LogP contribution is 2.16. The predicted molar refractivity (Wildman–Crippen MR) is 92.8 cm³/mol. The second kappa shape index (κ2) is 5.97.